The van der Waals surface area contributed by atoms with Crippen molar-refractivity contribution in [1.82, 2.24) is 14.9 Å². The summed E-state index contributed by atoms with van der Waals surface area (Å²) in [4.78, 5) is 39.6. The van der Waals surface area contributed by atoms with Gasteiger partial charge in [-0.25, -0.2) is 4.79 Å². The van der Waals surface area contributed by atoms with Crippen molar-refractivity contribution in [2.24, 2.45) is 0 Å². The number of aromatic nitrogens is 2. The van der Waals surface area contributed by atoms with E-state index in [-0.39, 0.29) is 12.1 Å². The molecule has 2 aromatic heterocycles. The molecule has 0 bridgehead atoms. The Morgan fingerprint density at radius 1 is 1.38 bits per heavy atom. The van der Waals surface area contributed by atoms with Crippen molar-refractivity contribution in [1.29, 1.82) is 0 Å². The maximum atomic E-state index is 12.3. The van der Waals surface area contributed by atoms with Gasteiger partial charge in [0.1, 0.15) is 5.56 Å². The molecule has 0 radical (unpaired) electrons. The lowest BCUT2D eigenvalue weighted by atomic mass is 10.1. The average molecular weight is 307 g/mol. The molecule has 0 saturated carbocycles. The van der Waals surface area contributed by atoms with E-state index in [9.17, 15) is 14.4 Å². The zero-order valence-electron chi connectivity index (χ0n) is 12.1. The van der Waals surface area contributed by atoms with E-state index in [2.05, 4.69) is 10.3 Å². The molecule has 0 aromatic carbocycles. The van der Waals surface area contributed by atoms with Crippen LogP contribution in [0.15, 0.2) is 33.3 Å². The number of hydrogen-bond donors (Lipinski definition) is 2. The second-order valence-corrected chi connectivity index (χ2v) is 6.71. The van der Waals surface area contributed by atoms with Crippen LogP contribution in [-0.2, 0) is 6.54 Å². The first-order valence-corrected chi connectivity index (χ1v) is 7.33. The van der Waals surface area contributed by atoms with Gasteiger partial charge >= 0.3 is 5.69 Å². The van der Waals surface area contributed by atoms with Gasteiger partial charge in [0.05, 0.1) is 6.54 Å². The molecule has 2 heterocycles. The topological polar surface area (TPSA) is 84.0 Å². The average Bonchev–Trinajstić information content (AvgIpc) is 2.85. The Bertz CT molecular complexity index is 751. The van der Waals surface area contributed by atoms with E-state index in [4.69, 9.17) is 0 Å². The lowest BCUT2D eigenvalue weighted by Crippen LogP contribution is -2.45. The van der Waals surface area contributed by atoms with Crippen molar-refractivity contribution in [3.63, 3.8) is 0 Å². The molecule has 0 unspecified atom stereocenters. The molecule has 7 heteroatoms. The molecule has 112 valence electrons. The van der Waals surface area contributed by atoms with Crippen molar-refractivity contribution in [2.45, 2.75) is 32.9 Å². The summed E-state index contributed by atoms with van der Waals surface area (Å²) in [7, 11) is 0. The first kappa shape index (κ1) is 15.2. The van der Waals surface area contributed by atoms with Crippen LogP contribution in [-0.4, -0.2) is 21.0 Å². The van der Waals surface area contributed by atoms with Gasteiger partial charge in [0.2, 0.25) is 0 Å². The summed E-state index contributed by atoms with van der Waals surface area (Å²) < 4.78 is 1.03. The molecule has 0 aliphatic carbocycles. The molecule has 0 atom stereocenters. The Morgan fingerprint density at radius 2 is 2.10 bits per heavy atom. The number of amides is 1. The number of rotatable bonds is 3. The minimum absolute atomic E-state index is 0.0684. The highest BCUT2D eigenvalue weighted by Gasteiger charge is 2.19. The quantitative estimate of drug-likeness (QED) is 0.893. The van der Waals surface area contributed by atoms with E-state index < -0.39 is 22.7 Å². The van der Waals surface area contributed by atoms with Crippen molar-refractivity contribution in [3.05, 3.63) is 55.0 Å². The summed E-state index contributed by atoms with van der Waals surface area (Å²) in [5.41, 5.74) is -1.64. The third-order valence-electron chi connectivity index (χ3n) is 2.69. The molecule has 0 spiro atoms. The standard InChI is InChI=1S/C14H17N3O3S/c1-14(2,3)16-11(18)10-7-15-13(20)17(12(10)19)8-9-5-4-6-21-9/h4-7H,8H2,1-3H3,(H,15,20)(H,16,18). The first-order valence-electron chi connectivity index (χ1n) is 6.45. The van der Waals surface area contributed by atoms with Crippen LogP contribution in [0.25, 0.3) is 0 Å². The Hall–Kier alpha value is -2.15. The third kappa shape index (κ3) is 3.69. The molecule has 2 rings (SSSR count). The SMILES string of the molecule is CC(C)(C)NC(=O)c1c[nH]c(=O)n(Cc2cccs2)c1=O. The number of nitrogens with zero attached hydrogens (tertiary/aromatic N) is 1. The van der Waals surface area contributed by atoms with E-state index >= 15 is 0 Å². The fourth-order valence-electron chi connectivity index (χ4n) is 1.78. The van der Waals surface area contributed by atoms with Crippen LogP contribution in [0.4, 0.5) is 0 Å². The number of thiophene rings is 1. The number of aromatic amines is 1. The van der Waals surface area contributed by atoms with Gasteiger partial charge < -0.3 is 10.3 Å². The zero-order valence-corrected chi connectivity index (χ0v) is 12.9. The predicted octanol–water partition coefficient (Wildman–Crippen LogP) is 1.17. The smallest absolute Gasteiger partial charge is 0.328 e. The molecule has 6 nitrogen and oxygen atoms in total. The molecule has 21 heavy (non-hydrogen) atoms. The Balaban J connectivity index is 2.40. The van der Waals surface area contributed by atoms with Crippen LogP contribution in [0.5, 0.6) is 0 Å². The number of carbonyl (C=O) groups is 1. The Morgan fingerprint density at radius 3 is 2.67 bits per heavy atom. The number of carbonyl (C=O) groups excluding carboxylic acids is 1. The monoisotopic (exact) mass is 307 g/mol. The van der Waals surface area contributed by atoms with Gasteiger partial charge in [-0.2, -0.15) is 0 Å². The van der Waals surface area contributed by atoms with Crippen LogP contribution < -0.4 is 16.6 Å². The molecule has 0 aliphatic heterocycles. The summed E-state index contributed by atoms with van der Waals surface area (Å²) in [5.74, 6) is -0.497. The van der Waals surface area contributed by atoms with Crippen LogP contribution in [0, 0.1) is 0 Å². The summed E-state index contributed by atoms with van der Waals surface area (Å²) in [6.45, 7) is 5.62. The first-order chi connectivity index (χ1) is 9.78. The van der Waals surface area contributed by atoms with E-state index in [1.165, 1.54) is 11.3 Å². The molecule has 1 amide bonds. The van der Waals surface area contributed by atoms with Gasteiger partial charge in [0.25, 0.3) is 11.5 Å². The van der Waals surface area contributed by atoms with Gasteiger partial charge in [-0.3, -0.25) is 14.2 Å². The summed E-state index contributed by atoms with van der Waals surface area (Å²) in [6, 6.07) is 3.67. The molecular weight excluding hydrogens is 290 g/mol. The highest BCUT2D eigenvalue weighted by molar-refractivity contribution is 7.09. The minimum atomic E-state index is -0.589. The fourth-order valence-corrected chi connectivity index (χ4v) is 2.48. The Labute approximate surface area is 125 Å². The lowest BCUT2D eigenvalue weighted by molar-refractivity contribution is 0.0917. The van der Waals surface area contributed by atoms with Gasteiger partial charge in [-0.15, -0.1) is 11.3 Å². The van der Waals surface area contributed by atoms with Crippen LogP contribution >= 0.6 is 11.3 Å². The number of nitrogens with one attached hydrogen (secondary N) is 2. The van der Waals surface area contributed by atoms with Gasteiger partial charge in [0.15, 0.2) is 0 Å². The van der Waals surface area contributed by atoms with Crippen molar-refractivity contribution >= 4 is 17.2 Å². The summed E-state index contributed by atoms with van der Waals surface area (Å²) >= 11 is 1.45. The minimum Gasteiger partial charge on any atom is -0.347 e. The van der Waals surface area contributed by atoms with Gasteiger partial charge in [0, 0.05) is 16.6 Å². The molecule has 2 N–H and O–H groups in total. The van der Waals surface area contributed by atoms with E-state index in [1.54, 1.807) is 0 Å². The zero-order chi connectivity index (χ0) is 15.6. The van der Waals surface area contributed by atoms with E-state index in [1.807, 2.05) is 38.3 Å². The van der Waals surface area contributed by atoms with E-state index in [0.717, 1.165) is 15.6 Å². The third-order valence-corrected chi connectivity index (χ3v) is 3.55. The van der Waals surface area contributed by atoms with Crippen LogP contribution in [0.1, 0.15) is 36.0 Å². The maximum Gasteiger partial charge on any atom is 0.328 e. The normalized spacial score (nSPS) is 11.4. The molecule has 0 aliphatic rings. The molecular formula is C14H17N3O3S. The van der Waals surface area contributed by atoms with Crippen LogP contribution in [0.2, 0.25) is 0 Å². The van der Waals surface area contributed by atoms with Crippen molar-refractivity contribution < 1.29 is 4.79 Å². The second kappa shape index (κ2) is 5.69. The summed E-state index contributed by atoms with van der Waals surface area (Å²) in [6.07, 6.45) is 1.16. The Kier molecular flexibility index (Phi) is 4.13. The van der Waals surface area contributed by atoms with E-state index in [0.29, 0.717) is 0 Å². The highest BCUT2D eigenvalue weighted by atomic mass is 32.1. The molecule has 0 fully saturated rings. The predicted molar refractivity (Wildman–Crippen MR) is 82.0 cm³/mol. The van der Waals surface area contributed by atoms with Crippen molar-refractivity contribution in [3.8, 4) is 0 Å². The fraction of sp³-hybridized carbons (Fsp3) is 0.357. The van der Waals surface area contributed by atoms with Gasteiger partial charge in [-0.05, 0) is 32.2 Å². The largest absolute Gasteiger partial charge is 0.347 e. The lowest BCUT2D eigenvalue weighted by Gasteiger charge is -2.20. The molecule has 0 saturated heterocycles. The van der Waals surface area contributed by atoms with Crippen molar-refractivity contribution in [2.75, 3.05) is 0 Å². The number of hydrogen-bond acceptors (Lipinski definition) is 4. The summed E-state index contributed by atoms with van der Waals surface area (Å²) in [5, 5.41) is 4.58. The van der Waals surface area contributed by atoms with Crippen LogP contribution in [0.3, 0.4) is 0 Å². The molecule has 2 aromatic rings. The second-order valence-electron chi connectivity index (χ2n) is 5.68. The number of H-pyrrole nitrogens is 1. The van der Waals surface area contributed by atoms with Gasteiger partial charge in [-0.1, -0.05) is 6.07 Å². The highest BCUT2D eigenvalue weighted by Crippen LogP contribution is 2.08. The maximum absolute atomic E-state index is 12.3.